The molecule has 4 rings (SSSR count). The fourth-order valence-electron chi connectivity index (χ4n) is 2.97. The van der Waals surface area contributed by atoms with Crippen molar-refractivity contribution in [3.8, 4) is 0 Å². The zero-order valence-electron chi connectivity index (χ0n) is 7.19. The normalized spacial score (nSPS) is 56.4. The minimum Gasteiger partial charge on any atom is -0.298 e. The van der Waals surface area contributed by atoms with Crippen molar-refractivity contribution < 1.29 is 9.63 Å². The van der Waals surface area contributed by atoms with Crippen LogP contribution in [0, 0.1) is 11.8 Å². The van der Waals surface area contributed by atoms with E-state index >= 15 is 0 Å². The van der Waals surface area contributed by atoms with E-state index in [1.165, 1.54) is 6.42 Å². The van der Waals surface area contributed by atoms with Gasteiger partial charge in [0, 0.05) is 18.9 Å². The van der Waals surface area contributed by atoms with Crippen LogP contribution in [0.4, 0.5) is 0 Å². The number of nitrogens with zero attached hydrogens (tertiary/aromatic N) is 1. The van der Waals surface area contributed by atoms with Crippen LogP contribution >= 0.6 is 0 Å². The molecule has 4 bridgehead atoms. The molecule has 0 amide bonds. The Labute approximate surface area is 71.6 Å². The van der Waals surface area contributed by atoms with Crippen molar-refractivity contribution in [1.82, 2.24) is 5.06 Å². The van der Waals surface area contributed by atoms with Crippen molar-refractivity contribution in [3.05, 3.63) is 0 Å². The summed E-state index contributed by atoms with van der Waals surface area (Å²) in [6.07, 6.45) is 2.27. The summed E-state index contributed by atoms with van der Waals surface area (Å²) in [5.41, 5.74) is 0. The molecule has 66 valence electrons. The second-order valence-electron chi connectivity index (χ2n) is 4.29. The fraction of sp³-hybridized carbons (Fsp3) is 0.889. The highest BCUT2D eigenvalue weighted by Crippen LogP contribution is 2.44. The van der Waals surface area contributed by atoms with Crippen molar-refractivity contribution in [2.24, 2.45) is 11.8 Å². The summed E-state index contributed by atoms with van der Waals surface area (Å²) in [6, 6.07) is 0.116. The lowest BCUT2D eigenvalue weighted by molar-refractivity contribution is -0.181. The van der Waals surface area contributed by atoms with Crippen LogP contribution < -0.4 is 0 Å². The average molecular weight is 167 g/mol. The maximum atomic E-state index is 11.5. The highest BCUT2D eigenvalue weighted by atomic mass is 16.7. The zero-order valence-corrected chi connectivity index (χ0v) is 7.19. The molecule has 4 aliphatic rings. The SMILES string of the molecule is C[C@H]1ON2C[C@H]3CC(=O)[C@@H]2[C@@H]1C3. The molecule has 3 heteroatoms. The van der Waals surface area contributed by atoms with E-state index in [-0.39, 0.29) is 12.1 Å². The first-order valence-corrected chi connectivity index (χ1v) is 4.72. The molecule has 0 spiro atoms. The highest BCUT2D eigenvalue weighted by Gasteiger charge is 2.54. The van der Waals surface area contributed by atoms with Crippen LogP contribution in [0.15, 0.2) is 0 Å². The van der Waals surface area contributed by atoms with Crippen LogP contribution in [-0.4, -0.2) is 29.5 Å². The predicted molar refractivity (Wildman–Crippen MR) is 42.3 cm³/mol. The Morgan fingerprint density at radius 3 is 3.00 bits per heavy atom. The number of hydroxylamine groups is 2. The zero-order chi connectivity index (χ0) is 8.29. The Bertz CT molecular complexity index is 239. The first kappa shape index (κ1) is 7.04. The van der Waals surface area contributed by atoms with Crippen LogP contribution in [-0.2, 0) is 9.63 Å². The Balaban J connectivity index is 1.99. The third-order valence-electron chi connectivity index (χ3n) is 3.48. The number of hydrogen-bond donors (Lipinski definition) is 0. The van der Waals surface area contributed by atoms with Gasteiger partial charge in [-0.25, -0.2) is 0 Å². The molecule has 1 unspecified atom stereocenters. The van der Waals surface area contributed by atoms with Gasteiger partial charge in [0.25, 0.3) is 0 Å². The molecule has 1 saturated carbocycles. The predicted octanol–water partition coefficient (Wildman–Crippen LogP) is 0.600. The van der Waals surface area contributed by atoms with Gasteiger partial charge in [0.1, 0.15) is 0 Å². The summed E-state index contributed by atoms with van der Waals surface area (Å²) in [6.45, 7) is 3.07. The second kappa shape index (κ2) is 2.09. The molecule has 3 saturated heterocycles. The van der Waals surface area contributed by atoms with Gasteiger partial charge in [0.2, 0.25) is 0 Å². The number of rotatable bonds is 0. The summed E-state index contributed by atoms with van der Waals surface area (Å²) in [5.74, 6) is 1.48. The molecule has 0 N–H and O–H groups in total. The standard InChI is InChI=1S/C9H13NO2/c1-5-7-2-6-3-8(11)9(7)10(4-6)12-5/h5-7,9H,2-4H2,1H3/t5-,6-,7-,9+/m1/s1. The van der Waals surface area contributed by atoms with Crippen molar-refractivity contribution in [2.75, 3.05) is 6.54 Å². The fourth-order valence-corrected chi connectivity index (χ4v) is 2.97. The molecule has 4 fully saturated rings. The van der Waals surface area contributed by atoms with E-state index in [1.807, 2.05) is 5.06 Å². The molecule has 3 nitrogen and oxygen atoms in total. The van der Waals surface area contributed by atoms with E-state index in [1.54, 1.807) is 0 Å². The summed E-state index contributed by atoms with van der Waals surface area (Å²) in [5, 5.41) is 1.93. The average Bonchev–Trinajstić information content (AvgIpc) is 2.23. The van der Waals surface area contributed by atoms with Crippen molar-refractivity contribution in [2.45, 2.75) is 31.9 Å². The Morgan fingerprint density at radius 1 is 1.58 bits per heavy atom. The molecule has 3 heterocycles. The number of carbonyl (C=O) groups excluding carboxylic acids is 1. The van der Waals surface area contributed by atoms with Crippen molar-refractivity contribution >= 4 is 5.78 Å². The van der Waals surface area contributed by atoms with Gasteiger partial charge in [-0.3, -0.25) is 9.63 Å². The summed E-state index contributed by atoms with van der Waals surface area (Å²) >= 11 is 0. The number of fused-ring (bicyclic) bond motifs is 1. The van der Waals surface area contributed by atoms with Crippen LogP contribution in [0.3, 0.4) is 0 Å². The van der Waals surface area contributed by atoms with Crippen LogP contribution in [0.5, 0.6) is 0 Å². The smallest absolute Gasteiger partial charge is 0.153 e. The second-order valence-corrected chi connectivity index (χ2v) is 4.29. The number of hydrogen-bond acceptors (Lipinski definition) is 3. The van der Waals surface area contributed by atoms with Gasteiger partial charge in [-0.05, 0) is 19.3 Å². The number of ketones is 1. The van der Waals surface area contributed by atoms with Crippen LogP contribution in [0.2, 0.25) is 0 Å². The number of piperidine rings is 2. The van der Waals surface area contributed by atoms with Gasteiger partial charge in [-0.15, -0.1) is 0 Å². The molecule has 0 aromatic rings. The Hall–Kier alpha value is -0.410. The minimum absolute atomic E-state index is 0.116. The largest absolute Gasteiger partial charge is 0.298 e. The van der Waals surface area contributed by atoms with Gasteiger partial charge >= 0.3 is 0 Å². The first-order valence-electron chi connectivity index (χ1n) is 4.72. The lowest BCUT2D eigenvalue weighted by Gasteiger charge is -2.40. The van der Waals surface area contributed by atoms with Crippen LogP contribution in [0.1, 0.15) is 19.8 Å². The molecule has 5 atom stereocenters. The van der Waals surface area contributed by atoms with Crippen molar-refractivity contribution in [1.29, 1.82) is 0 Å². The van der Waals surface area contributed by atoms with E-state index in [0.29, 0.717) is 17.6 Å². The highest BCUT2D eigenvalue weighted by molar-refractivity contribution is 5.86. The molecule has 0 aromatic carbocycles. The van der Waals surface area contributed by atoms with Gasteiger partial charge in [0.05, 0.1) is 12.1 Å². The monoisotopic (exact) mass is 167 g/mol. The third-order valence-corrected chi connectivity index (χ3v) is 3.48. The first-order chi connectivity index (χ1) is 5.75. The molecule has 3 aliphatic heterocycles. The minimum atomic E-state index is 0.116. The number of carbonyl (C=O) groups is 1. The number of Topliss-reactive ketones (excluding diaryl/α,β-unsaturated/α-hetero) is 1. The van der Waals surface area contributed by atoms with E-state index in [2.05, 4.69) is 6.92 Å². The maximum Gasteiger partial charge on any atom is 0.153 e. The van der Waals surface area contributed by atoms with Gasteiger partial charge in [-0.1, -0.05) is 0 Å². The summed E-state index contributed by atoms with van der Waals surface area (Å²) in [4.78, 5) is 17.1. The Morgan fingerprint density at radius 2 is 2.42 bits per heavy atom. The summed E-state index contributed by atoms with van der Waals surface area (Å²) < 4.78 is 0. The van der Waals surface area contributed by atoms with Gasteiger partial charge in [0.15, 0.2) is 5.78 Å². The van der Waals surface area contributed by atoms with Crippen molar-refractivity contribution in [3.63, 3.8) is 0 Å². The van der Waals surface area contributed by atoms with E-state index in [9.17, 15) is 4.79 Å². The molecule has 12 heavy (non-hydrogen) atoms. The maximum absolute atomic E-state index is 11.5. The lowest BCUT2D eigenvalue weighted by Crippen LogP contribution is -2.52. The van der Waals surface area contributed by atoms with E-state index in [0.717, 1.165) is 13.0 Å². The lowest BCUT2D eigenvalue weighted by atomic mass is 9.72. The quantitative estimate of drug-likeness (QED) is 0.529. The molecule has 1 aliphatic carbocycles. The van der Waals surface area contributed by atoms with E-state index < -0.39 is 0 Å². The van der Waals surface area contributed by atoms with Gasteiger partial charge < -0.3 is 0 Å². The third kappa shape index (κ3) is 0.709. The Kier molecular flexibility index (Phi) is 1.23. The molecule has 0 aromatic heterocycles. The molecule has 0 radical (unpaired) electrons. The van der Waals surface area contributed by atoms with E-state index in [4.69, 9.17) is 4.84 Å². The molecular formula is C9H13NO2. The van der Waals surface area contributed by atoms with Gasteiger partial charge in [-0.2, -0.15) is 5.06 Å². The summed E-state index contributed by atoms with van der Waals surface area (Å²) in [7, 11) is 0. The topological polar surface area (TPSA) is 29.5 Å². The molecular weight excluding hydrogens is 154 g/mol. The van der Waals surface area contributed by atoms with Crippen LogP contribution in [0.25, 0.3) is 0 Å².